The molecule has 0 aliphatic heterocycles. The van der Waals surface area contributed by atoms with Gasteiger partial charge in [-0.25, -0.2) is 0 Å². The highest BCUT2D eigenvalue weighted by Crippen LogP contribution is 2.24. The Morgan fingerprint density at radius 1 is 0.921 bits per heavy atom. The zero-order valence-corrected chi connectivity index (χ0v) is 21.8. The van der Waals surface area contributed by atoms with Gasteiger partial charge in [0.25, 0.3) is 0 Å². The summed E-state index contributed by atoms with van der Waals surface area (Å²) in [7, 11) is 0. The van der Waals surface area contributed by atoms with E-state index in [-0.39, 0.29) is 11.9 Å². The smallest absolute Gasteiger partial charge is 0.240 e. The molecule has 0 fully saturated rings. The van der Waals surface area contributed by atoms with Crippen LogP contribution in [-0.2, 0) is 17.8 Å². The first kappa shape index (κ1) is 25.3. The van der Waals surface area contributed by atoms with Gasteiger partial charge >= 0.3 is 0 Å². The number of amides is 1. The summed E-state index contributed by atoms with van der Waals surface area (Å²) >= 11 is 0. The van der Waals surface area contributed by atoms with E-state index in [1.807, 2.05) is 117 Å². The Kier molecular flexibility index (Phi) is 7.57. The van der Waals surface area contributed by atoms with Crippen LogP contribution in [0.25, 0.3) is 23.1 Å². The fraction of sp³-hybridized carbons (Fsp3) is 0.182. The van der Waals surface area contributed by atoms with Crippen LogP contribution in [0.3, 0.4) is 0 Å². The van der Waals surface area contributed by atoms with E-state index < -0.39 is 5.54 Å². The molecule has 2 unspecified atom stereocenters. The average Bonchev–Trinajstić information content (AvgIpc) is 3.59. The molecule has 0 saturated heterocycles. The number of benzene rings is 3. The molecule has 5 rings (SSSR count). The molecule has 3 aromatic carbocycles. The van der Waals surface area contributed by atoms with Gasteiger partial charge in [-0.15, -0.1) is 0 Å². The number of carbonyl (C=O) groups is 1. The first-order chi connectivity index (χ1) is 18.5. The second-order valence-electron chi connectivity index (χ2n) is 9.88. The van der Waals surface area contributed by atoms with Crippen molar-refractivity contribution >= 4 is 29.0 Å². The molecule has 0 bridgehead atoms. The molecule has 192 valence electrons. The van der Waals surface area contributed by atoms with E-state index >= 15 is 0 Å². The van der Waals surface area contributed by atoms with E-state index in [0.717, 1.165) is 39.1 Å². The van der Waals surface area contributed by atoms with Crippen molar-refractivity contribution in [2.75, 3.05) is 0 Å². The number of H-pyrrole nitrogens is 1. The molecule has 0 saturated carbocycles. The lowest BCUT2D eigenvalue weighted by molar-refractivity contribution is -0.127. The predicted molar refractivity (Wildman–Crippen MR) is 154 cm³/mol. The minimum Gasteiger partial charge on any atom is -0.460 e. The molecule has 1 amide bonds. The van der Waals surface area contributed by atoms with Gasteiger partial charge in [0.1, 0.15) is 11.5 Å². The Hall–Kier alpha value is -4.35. The van der Waals surface area contributed by atoms with Crippen LogP contribution < -0.4 is 10.6 Å². The predicted octanol–water partition coefficient (Wildman–Crippen LogP) is 6.90. The third-order valence-corrected chi connectivity index (χ3v) is 6.94. The van der Waals surface area contributed by atoms with E-state index in [1.54, 1.807) is 0 Å². The van der Waals surface area contributed by atoms with Crippen molar-refractivity contribution < 1.29 is 9.21 Å². The highest BCUT2D eigenvalue weighted by atomic mass is 16.3. The van der Waals surface area contributed by atoms with Gasteiger partial charge in [0.15, 0.2) is 0 Å². The Bertz CT molecular complexity index is 1520. The van der Waals surface area contributed by atoms with E-state index in [0.29, 0.717) is 13.0 Å². The van der Waals surface area contributed by atoms with Gasteiger partial charge in [-0.3, -0.25) is 10.1 Å². The second kappa shape index (κ2) is 11.4. The number of furan rings is 1. The molecular formula is C33H33N3O2. The summed E-state index contributed by atoms with van der Waals surface area (Å²) in [5.74, 6) is 1.48. The van der Waals surface area contributed by atoms with Crippen molar-refractivity contribution in [2.45, 2.75) is 38.4 Å². The van der Waals surface area contributed by atoms with Crippen LogP contribution in [0.2, 0.25) is 0 Å². The van der Waals surface area contributed by atoms with Gasteiger partial charge in [-0.05, 0) is 54.8 Å². The van der Waals surface area contributed by atoms with Gasteiger partial charge < -0.3 is 14.7 Å². The van der Waals surface area contributed by atoms with Crippen molar-refractivity contribution in [1.82, 2.24) is 15.6 Å². The Labute approximate surface area is 223 Å². The molecule has 0 spiro atoms. The fourth-order valence-corrected chi connectivity index (χ4v) is 4.67. The van der Waals surface area contributed by atoms with E-state index in [9.17, 15) is 4.79 Å². The van der Waals surface area contributed by atoms with Crippen molar-refractivity contribution in [1.29, 1.82) is 0 Å². The summed E-state index contributed by atoms with van der Waals surface area (Å²) in [5, 5.41) is 7.86. The van der Waals surface area contributed by atoms with E-state index in [4.69, 9.17) is 4.42 Å². The molecule has 3 N–H and O–H groups in total. The molecule has 2 heterocycles. The van der Waals surface area contributed by atoms with Crippen LogP contribution >= 0.6 is 0 Å². The van der Waals surface area contributed by atoms with Gasteiger partial charge in [0.05, 0.1) is 18.1 Å². The minimum absolute atomic E-state index is 0.0603. The van der Waals surface area contributed by atoms with Crippen LogP contribution in [0.15, 0.2) is 108 Å². The monoisotopic (exact) mass is 503 g/mol. The lowest BCUT2D eigenvalue weighted by atomic mass is 9.90. The quantitative estimate of drug-likeness (QED) is 0.194. The van der Waals surface area contributed by atoms with E-state index in [2.05, 4.69) is 27.8 Å². The first-order valence-electron chi connectivity index (χ1n) is 13.0. The Morgan fingerprint density at radius 2 is 1.63 bits per heavy atom. The maximum absolute atomic E-state index is 13.8. The molecule has 5 heteroatoms. The Morgan fingerprint density at radius 3 is 2.42 bits per heavy atom. The van der Waals surface area contributed by atoms with Gasteiger partial charge in [0, 0.05) is 23.5 Å². The van der Waals surface area contributed by atoms with Crippen LogP contribution in [-0.4, -0.2) is 16.4 Å². The van der Waals surface area contributed by atoms with Crippen molar-refractivity contribution in [3.05, 3.63) is 131 Å². The molecule has 0 aliphatic carbocycles. The van der Waals surface area contributed by atoms with Crippen LogP contribution in [0, 0.1) is 0 Å². The summed E-state index contributed by atoms with van der Waals surface area (Å²) in [4.78, 5) is 17.1. The van der Waals surface area contributed by atoms with Crippen LogP contribution in [0.1, 0.15) is 48.1 Å². The minimum atomic E-state index is -0.874. The number of para-hydroxylation sites is 1. The highest BCUT2D eigenvalue weighted by molar-refractivity contribution is 5.89. The van der Waals surface area contributed by atoms with Gasteiger partial charge in [0.2, 0.25) is 5.91 Å². The summed E-state index contributed by atoms with van der Waals surface area (Å²) in [6, 6.07) is 32.1. The highest BCUT2D eigenvalue weighted by Gasteiger charge is 2.35. The molecule has 2 atom stereocenters. The zero-order valence-electron chi connectivity index (χ0n) is 21.8. The normalized spacial score (nSPS) is 13.9. The summed E-state index contributed by atoms with van der Waals surface area (Å²) < 4.78 is 6.05. The molecule has 0 aliphatic rings. The maximum Gasteiger partial charge on any atom is 0.240 e. The van der Waals surface area contributed by atoms with Crippen molar-refractivity contribution in [3.63, 3.8) is 0 Å². The van der Waals surface area contributed by atoms with Gasteiger partial charge in [-0.1, -0.05) is 84.9 Å². The number of aromatic nitrogens is 1. The number of nitrogens with one attached hydrogen (secondary N) is 3. The number of rotatable bonds is 10. The van der Waals surface area contributed by atoms with Crippen LogP contribution in [0.4, 0.5) is 0 Å². The van der Waals surface area contributed by atoms with Crippen molar-refractivity contribution in [3.8, 4) is 0 Å². The number of carbonyl (C=O) groups excluding carboxylic acids is 1. The number of aromatic amines is 1. The maximum atomic E-state index is 13.8. The fourth-order valence-electron chi connectivity index (χ4n) is 4.67. The first-order valence-corrected chi connectivity index (χ1v) is 13.0. The summed E-state index contributed by atoms with van der Waals surface area (Å²) in [6.07, 6.45) is 6.50. The molecule has 5 nitrogen and oxygen atoms in total. The molecular weight excluding hydrogens is 470 g/mol. The average molecular weight is 504 g/mol. The second-order valence-corrected chi connectivity index (χ2v) is 9.88. The summed E-state index contributed by atoms with van der Waals surface area (Å²) in [5.41, 5.74) is 3.45. The Balaban J connectivity index is 1.34. The lowest BCUT2D eigenvalue weighted by Crippen LogP contribution is -2.56. The zero-order chi connectivity index (χ0) is 26.4. The number of hydrogen-bond donors (Lipinski definition) is 3. The lowest BCUT2D eigenvalue weighted by Gasteiger charge is -2.31. The standard InChI is InChI=1S/C33H33N3O2/c1-24(26-13-7-4-8-14-26)36-32(37)33(2,21-27-22-34-31-16-10-9-15-30(27)31)35-23-29-20-19-28(38-29)18-17-25-11-5-3-6-12-25/h3-20,22,24,34-35H,21,23H2,1-2H3,(H,36,37)/b18-17+. The number of hydrogen-bond acceptors (Lipinski definition) is 3. The number of fused-ring (bicyclic) bond motifs is 1. The largest absolute Gasteiger partial charge is 0.460 e. The molecule has 0 radical (unpaired) electrons. The SMILES string of the molecule is CC(NC(=O)C(C)(Cc1c[nH]c2ccccc12)NCc1ccc(/C=C/c2ccccc2)o1)c1ccccc1. The van der Waals surface area contributed by atoms with E-state index in [1.165, 1.54) is 0 Å². The van der Waals surface area contributed by atoms with Gasteiger partial charge in [-0.2, -0.15) is 0 Å². The molecule has 5 aromatic rings. The topological polar surface area (TPSA) is 70.1 Å². The third kappa shape index (κ3) is 5.96. The molecule has 2 aromatic heterocycles. The van der Waals surface area contributed by atoms with Crippen molar-refractivity contribution in [2.24, 2.45) is 0 Å². The van der Waals surface area contributed by atoms with Crippen LogP contribution in [0.5, 0.6) is 0 Å². The summed E-state index contributed by atoms with van der Waals surface area (Å²) in [6.45, 7) is 4.39. The third-order valence-electron chi connectivity index (χ3n) is 6.94. The molecule has 38 heavy (non-hydrogen) atoms.